The highest BCUT2D eigenvalue weighted by Crippen LogP contribution is 2.26. The van der Waals surface area contributed by atoms with Gasteiger partial charge in [-0.2, -0.15) is 0 Å². The molecule has 2 rings (SSSR count). The molecule has 98 valence electrons. The fourth-order valence-corrected chi connectivity index (χ4v) is 1.71. The van der Waals surface area contributed by atoms with Crippen molar-refractivity contribution in [3.05, 3.63) is 59.7 Å². The van der Waals surface area contributed by atoms with E-state index in [1.54, 1.807) is 30.3 Å². The molecule has 0 heterocycles. The van der Waals surface area contributed by atoms with Gasteiger partial charge in [-0.15, -0.1) is 0 Å². The lowest BCUT2D eigenvalue weighted by Gasteiger charge is -2.08. The van der Waals surface area contributed by atoms with Crippen molar-refractivity contribution in [2.45, 2.75) is 6.54 Å². The van der Waals surface area contributed by atoms with Crippen LogP contribution in [0.25, 0.3) is 0 Å². The van der Waals surface area contributed by atoms with Crippen molar-refractivity contribution in [3.8, 4) is 11.5 Å². The molecule has 4 nitrogen and oxygen atoms in total. The quantitative estimate of drug-likeness (QED) is 0.883. The maximum atomic E-state index is 11.8. The van der Waals surface area contributed by atoms with Gasteiger partial charge in [-0.25, -0.2) is 0 Å². The van der Waals surface area contributed by atoms with E-state index in [0.717, 1.165) is 5.56 Å². The van der Waals surface area contributed by atoms with E-state index < -0.39 is 0 Å². The highest BCUT2D eigenvalue weighted by atomic mass is 16.5. The zero-order valence-electron chi connectivity index (χ0n) is 10.6. The standard InChI is InChI=1S/C15H15NO3/c1-19-14-9-11(7-8-13(14)17)10-16-15(18)12-5-3-2-4-6-12/h2-9,17H,10H2,1H3,(H,16,18). The molecular weight excluding hydrogens is 242 g/mol. The summed E-state index contributed by atoms with van der Waals surface area (Å²) in [6.45, 7) is 0.379. The van der Waals surface area contributed by atoms with Crippen LogP contribution in [0.15, 0.2) is 48.5 Å². The number of methoxy groups -OCH3 is 1. The summed E-state index contributed by atoms with van der Waals surface area (Å²) >= 11 is 0. The lowest BCUT2D eigenvalue weighted by atomic mass is 10.2. The van der Waals surface area contributed by atoms with Gasteiger partial charge in [0.25, 0.3) is 5.91 Å². The van der Waals surface area contributed by atoms with Crippen molar-refractivity contribution < 1.29 is 14.6 Å². The number of phenolic OH excluding ortho intramolecular Hbond substituents is 1. The van der Waals surface area contributed by atoms with Gasteiger partial charge >= 0.3 is 0 Å². The highest BCUT2D eigenvalue weighted by molar-refractivity contribution is 5.94. The lowest BCUT2D eigenvalue weighted by Crippen LogP contribution is -2.22. The van der Waals surface area contributed by atoms with Crippen molar-refractivity contribution >= 4 is 5.91 Å². The highest BCUT2D eigenvalue weighted by Gasteiger charge is 2.06. The number of amides is 1. The smallest absolute Gasteiger partial charge is 0.251 e. The summed E-state index contributed by atoms with van der Waals surface area (Å²) < 4.78 is 5.01. The van der Waals surface area contributed by atoms with Gasteiger partial charge in [0.2, 0.25) is 0 Å². The first kappa shape index (κ1) is 13.0. The molecule has 0 unspecified atom stereocenters. The molecule has 0 aliphatic rings. The van der Waals surface area contributed by atoms with Crippen molar-refractivity contribution in [3.63, 3.8) is 0 Å². The summed E-state index contributed by atoms with van der Waals surface area (Å²) in [7, 11) is 1.49. The minimum Gasteiger partial charge on any atom is -0.504 e. The van der Waals surface area contributed by atoms with Gasteiger partial charge in [-0.1, -0.05) is 24.3 Å². The number of aromatic hydroxyl groups is 1. The summed E-state index contributed by atoms with van der Waals surface area (Å²) in [5, 5.41) is 12.3. The van der Waals surface area contributed by atoms with Crippen molar-refractivity contribution in [1.29, 1.82) is 0 Å². The second-order valence-electron chi connectivity index (χ2n) is 4.05. The van der Waals surface area contributed by atoms with Crippen LogP contribution in [0, 0.1) is 0 Å². The van der Waals surface area contributed by atoms with Crippen LogP contribution in [0.3, 0.4) is 0 Å². The molecule has 0 atom stereocenters. The molecule has 19 heavy (non-hydrogen) atoms. The number of carbonyl (C=O) groups is 1. The molecule has 2 aromatic rings. The third-order valence-electron chi connectivity index (χ3n) is 2.73. The van der Waals surface area contributed by atoms with Crippen LogP contribution in [0.4, 0.5) is 0 Å². The largest absolute Gasteiger partial charge is 0.504 e. The number of nitrogens with one attached hydrogen (secondary N) is 1. The number of carbonyl (C=O) groups excluding carboxylic acids is 1. The Morgan fingerprint density at radius 2 is 1.95 bits per heavy atom. The topological polar surface area (TPSA) is 58.6 Å². The Morgan fingerprint density at radius 1 is 1.21 bits per heavy atom. The molecule has 4 heteroatoms. The van der Waals surface area contributed by atoms with Crippen molar-refractivity contribution in [2.75, 3.05) is 7.11 Å². The molecule has 0 bridgehead atoms. The molecule has 0 aliphatic heterocycles. The maximum absolute atomic E-state index is 11.8. The van der Waals surface area contributed by atoms with Crippen LogP contribution in [0.2, 0.25) is 0 Å². The molecule has 0 fully saturated rings. The number of phenols is 1. The van der Waals surface area contributed by atoms with E-state index in [4.69, 9.17) is 4.74 Å². The molecule has 0 radical (unpaired) electrons. The van der Waals surface area contributed by atoms with E-state index in [1.807, 2.05) is 18.2 Å². The first-order valence-corrected chi connectivity index (χ1v) is 5.90. The first-order valence-electron chi connectivity index (χ1n) is 5.90. The third kappa shape index (κ3) is 3.25. The predicted octanol–water partition coefficient (Wildman–Crippen LogP) is 2.33. The monoisotopic (exact) mass is 257 g/mol. The molecular formula is C15H15NO3. The summed E-state index contributed by atoms with van der Waals surface area (Å²) in [6, 6.07) is 14.0. The van der Waals surface area contributed by atoms with Gasteiger partial charge in [0.05, 0.1) is 7.11 Å². The van der Waals surface area contributed by atoms with E-state index in [2.05, 4.69) is 5.32 Å². The third-order valence-corrected chi connectivity index (χ3v) is 2.73. The predicted molar refractivity (Wildman–Crippen MR) is 72.3 cm³/mol. The van der Waals surface area contributed by atoms with Gasteiger partial charge in [-0.05, 0) is 29.8 Å². The van der Waals surface area contributed by atoms with Gasteiger partial charge in [-0.3, -0.25) is 4.79 Å². The van der Waals surface area contributed by atoms with Gasteiger partial charge in [0, 0.05) is 12.1 Å². The average molecular weight is 257 g/mol. The van der Waals surface area contributed by atoms with E-state index in [0.29, 0.717) is 17.9 Å². The zero-order chi connectivity index (χ0) is 13.7. The van der Waals surface area contributed by atoms with Crippen LogP contribution in [0.5, 0.6) is 11.5 Å². The molecule has 2 N–H and O–H groups in total. The molecule has 0 saturated heterocycles. The number of benzene rings is 2. The van der Waals surface area contributed by atoms with Crippen LogP contribution in [-0.2, 0) is 6.54 Å². The van der Waals surface area contributed by atoms with E-state index >= 15 is 0 Å². The van der Waals surface area contributed by atoms with Crippen LogP contribution < -0.4 is 10.1 Å². The van der Waals surface area contributed by atoms with Gasteiger partial charge < -0.3 is 15.2 Å². The second-order valence-corrected chi connectivity index (χ2v) is 4.05. The zero-order valence-corrected chi connectivity index (χ0v) is 10.6. The summed E-state index contributed by atoms with van der Waals surface area (Å²) in [4.78, 5) is 11.8. The molecule has 0 saturated carbocycles. The Morgan fingerprint density at radius 3 is 2.63 bits per heavy atom. The Bertz CT molecular complexity index is 567. The van der Waals surface area contributed by atoms with Crippen LogP contribution in [-0.4, -0.2) is 18.1 Å². The molecule has 2 aromatic carbocycles. The first-order chi connectivity index (χ1) is 9.20. The summed E-state index contributed by atoms with van der Waals surface area (Å²) in [6.07, 6.45) is 0. The fraction of sp³-hybridized carbons (Fsp3) is 0.133. The minimum absolute atomic E-state index is 0.0839. The molecule has 1 amide bonds. The number of ether oxygens (including phenoxy) is 1. The Kier molecular flexibility index (Phi) is 4.03. The number of hydrogen-bond acceptors (Lipinski definition) is 3. The van der Waals surface area contributed by atoms with Crippen LogP contribution >= 0.6 is 0 Å². The molecule has 0 spiro atoms. The maximum Gasteiger partial charge on any atom is 0.251 e. The molecule has 0 aliphatic carbocycles. The normalized spacial score (nSPS) is 9.95. The second kappa shape index (κ2) is 5.91. The SMILES string of the molecule is COc1cc(CNC(=O)c2ccccc2)ccc1O. The molecule has 0 aromatic heterocycles. The van der Waals surface area contributed by atoms with Gasteiger partial charge in [0.15, 0.2) is 11.5 Å². The minimum atomic E-state index is -0.132. The van der Waals surface area contributed by atoms with Crippen molar-refractivity contribution in [2.24, 2.45) is 0 Å². The Balaban J connectivity index is 2.01. The fourth-order valence-electron chi connectivity index (χ4n) is 1.71. The van der Waals surface area contributed by atoms with E-state index in [1.165, 1.54) is 7.11 Å². The summed E-state index contributed by atoms with van der Waals surface area (Å²) in [5.41, 5.74) is 1.48. The Hall–Kier alpha value is -2.49. The number of rotatable bonds is 4. The average Bonchev–Trinajstić information content (AvgIpc) is 2.47. The van der Waals surface area contributed by atoms with Crippen LogP contribution in [0.1, 0.15) is 15.9 Å². The Labute approximate surface area is 111 Å². The van der Waals surface area contributed by atoms with Crippen molar-refractivity contribution in [1.82, 2.24) is 5.32 Å². The number of hydrogen-bond donors (Lipinski definition) is 2. The van der Waals surface area contributed by atoms with Gasteiger partial charge in [0.1, 0.15) is 0 Å². The lowest BCUT2D eigenvalue weighted by molar-refractivity contribution is 0.0951. The summed E-state index contributed by atoms with van der Waals surface area (Å²) in [5.74, 6) is 0.347. The van der Waals surface area contributed by atoms with E-state index in [-0.39, 0.29) is 11.7 Å². The van der Waals surface area contributed by atoms with E-state index in [9.17, 15) is 9.90 Å².